The summed E-state index contributed by atoms with van der Waals surface area (Å²) in [5.41, 5.74) is 2.10. The number of esters is 1. The Morgan fingerprint density at radius 3 is 1.78 bits per heavy atom. The molecule has 2 atom stereocenters. The minimum absolute atomic E-state index is 0.223. The molecule has 0 fully saturated rings. The lowest BCUT2D eigenvalue weighted by Crippen LogP contribution is -2.52. The molecule has 1 aromatic carbocycles. The second-order valence-corrected chi connectivity index (χ2v) is 10.8. The smallest absolute Gasteiger partial charge is 0.320 e. The molecule has 0 aliphatic carbocycles. The number of benzene rings is 1. The molecule has 204 valence electrons. The Kier molecular flexibility index (Phi) is 12.3. The Labute approximate surface area is 219 Å². The number of fused-ring (bicyclic) bond motifs is 1. The number of methoxy groups -OCH3 is 2. The summed E-state index contributed by atoms with van der Waals surface area (Å²) in [5, 5.41) is 0. The molecule has 1 aromatic rings. The van der Waals surface area contributed by atoms with Crippen molar-refractivity contribution >= 4 is 11.8 Å². The second kappa shape index (κ2) is 14.6. The van der Waals surface area contributed by atoms with Crippen LogP contribution in [0.5, 0.6) is 11.5 Å². The van der Waals surface area contributed by atoms with Crippen LogP contribution >= 0.6 is 0 Å². The van der Waals surface area contributed by atoms with Crippen molar-refractivity contribution in [2.45, 2.75) is 130 Å². The number of carbonyl (C=O) groups is 2. The zero-order valence-electron chi connectivity index (χ0n) is 24.0. The SMILES string of the molecule is CCCCCCCCCCCCCCC[C@@]1(C)Oc2c(C)c(C)c(OC)c(C)c2C(=O)C1C(=O)OC. The van der Waals surface area contributed by atoms with Crippen LogP contribution in [0.2, 0.25) is 0 Å². The predicted molar refractivity (Wildman–Crippen MR) is 146 cm³/mol. The van der Waals surface area contributed by atoms with Crippen LogP contribution in [0.15, 0.2) is 0 Å². The van der Waals surface area contributed by atoms with Crippen molar-refractivity contribution in [2.75, 3.05) is 14.2 Å². The highest BCUT2D eigenvalue weighted by Gasteiger charge is 2.52. The van der Waals surface area contributed by atoms with Crippen molar-refractivity contribution in [3.63, 3.8) is 0 Å². The van der Waals surface area contributed by atoms with Crippen LogP contribution in [0.25, 0.3) is 0 Å². The van der Waals surface area contributed by atoms with E-state index in [1.165, 1.54) is 77.7 Å². The van der Waals surface area contributed by atoms with Gasteiger partial charge in [0.05, 0.1) is 19.8 Å². The number of ketones is 1. The maximum Gasteiger partial charge on any atom is 0.320 e. The second-order valence-electron chi connectivity index (χ2n) is 10.8. The largest absolute Gasteiger partial charge is 0.496 e. The molecule has 1 unspecified atom stereocenters. The molecule has 1 aliphatic heterocycles. The molecule has 0 radical (unpaired) electrons. The molecule has 36 heavy (non-hydrogen) atoms. The van der Waals surface area contributed by atoms with E-state index in [4.69, 9.17) is 14.2 Å². The molecule has 0 spiro atoms. The fraction of sp³-hybridized carbons (Fsp3) is 0.742. The number of rotatable bonds is 16. The standard InChI is InChI=1S/C31H50O5/c1-8-9-10-11-12-13-14-15-16-17-18-19-20-21-31(5)26(30(33)35-7)27(32)25-24(4)28(34-6)22(2)23(3)29(25)36-31/h26H,8-21H2,1-7H3/t26?,31-/m1/s1. The normalized spacial score (nSPS) is 19.1. The van der Waals surface area contributed by atoms with Gasteiger partial charge in [0, 0.05) is 5.56 Å². The van der Waals surface area contributed by atoms with E-state index < -0.39 is 17.5 Å². The number of carbonyl (C=O) groups excluding carboxylic acids is 2. The molecule has 0 saturated heterocycles. The lowest BCUT2D eigenvalue weighted by molar-refractivity contribution is -0.151. The summed E-state index contributed by atoms with van der Waals surface area (Å²) in [7, 11) is 2.94. The van der Waals surface area contributed by atoms with Gasteiger partial charge in [0.1, 0.15) is 17.1 Å². The Hall–Kier alpha value is -2.04. The molecule has 0 N–H and O–H groups in total. The van der Waals surface area contributed by atoms with Gasteiger partial charge in [0.2, 0.25) is 0 Å². The third-order valence-electron chi connectivity index (χ3n) is 8.06. The molecule has 0 bridgehead atoms. The number of hydrogen-bond donors (Lipinski definition) is 0. The summed E-state index contributed by atoms with van der Waals surface area (Å²) in [5.74, 6) is -0.462. The summed E-state index contributed by atoms with van der Waals surface area (Å²) in [6, 6.07) is 0. The minimum Gasteiger partial charge on any atom is -0.496 e. The van der Waals surface area contributed by atoms with Crippen LogP contribution in [0.3, 0.4) is 0 Å². The Morgan fingerprint density at radius 1 is 0.806 bits per heavy atom. The van der Waals surface area contributed by atoms with Gasteiger partial charge in [-0.2, -0.15) is 0 Å². The van der Waals surface area contributed by atoms with E-state index in [1.54, 1.807) is 7.11 Å². The van der Waals surface area contributed by atoms with E-state index in [-0.39, 0.29) is 5.78 Å². The van der Waals surface area contributed by atoms with Crippen LogP contribution in [-0.4, -0.2) is 31.6 Å². The molecule has 0 amide bonds. The average Bonchev–Trinajstić information content (AvgIpc) is 2.85. The number of ether oxygens (including phenoxy) is 3. The molecular formula is C31H50O5. The maximum absolute atomic E-state index is 13.7. The monoisotopic (exact) mass is 502 g/mol. The van der Waals surface area contributed by atoms with Gasteiger partial charge in [-0.15, -0.1) is 0 Å². The van der Waals surface area contributed by atoms with Gasteiger partial charge in [-0.25, -0.2) is 0 Å². The first kappa shape index (κ1) is 30.2. The van der Waals surface area contributed by atoms with Gasteiger partial charge < -0.3 is 14.2 Å². The summed E-state index contributed by atoms with van der Waals surface area (Å²) in [4.78, 5) is 26.5. The van der Waals surface area contributed by atoms with Crippen molar-refractivity contribution in [2.24, 2.45) is 5.92 Å². The van der Waals surface area contributed by atoms with E-state index in [1.807, 2.05) is 27.7 Å². The van der Waals surface area contributed by atoms with Crippen LogP contribution < -0.4 is 9.47 Å². The first-order valence-corrected chi connectivity index (χ1v) is 14.2. The van der Waals surface area contributed by atoms with Gasteiger partial charge in [-0.3, -0.25) is 9.59 Å². The van der Waals surface area contributed by atoms with Crippen LogP contribution in [0.1, 0.15) is 131 Å². The lowest BCUT2D eigenvalue weighted by atomic mass is 9.75. The van der Waals surface area contributed by atoms with Crippen molar-refractivity contribution in [3.8, 4) is 11.5 Å². The van der Waals surface area contributed by atoms with Gasteiger partial charge in [0.15, 0.2) is 11.7 Å². The van der Waals surface area contributed by atoms with Crippen molar-refractivity contribution in [3.05, 3.63) is 22.3 Å². The molecule has 2 rings (SSSR count). The molecule has 0 aromatic heterocycles. The first-order valence-electron chi connectivity index (χ1n) is 14.2. The van der Waals surface area contributed by atoms with Gasteiger partial charge >= 0.3 is 5.97 Å². The third kappa shape index (κ3) is 7.26. The first-order chi connectivity index (χ1) is 17.2. The van der Waals surface area contributed by atoms with Gasteiger partial charge in [0.25, 0.3) is 0 Å². The fourth-order valence-electron chi connectivity index (χ4n) is 5.70. The maximum atomic E-state index is 13.7. The molecular weight excluding hydrogens is 452 g/mol. The van der Waals surface area contributed by atoms with Crippen LogP contribution in [0.4, 0.5) is 0 Å². The topological polar surface area (TPSA) is 61.8 Å². The van der Waals surface area contributed by atoms with Crippen LogP contribution in [-0.2, 0) is 9.53 Å². The number of Topliss-reactive ketones (excluding diaryl/α,β-unsaturated/α-hetero) is 1. The van der Waals surface area contributed by atoms with Gasteiger partial charge in [-0.05, 0) is 51.7 Å². The summed E-state index contributed by atoms with van der Waals surface area (Å²) in [6.07, 6.45) is 17.2. The summed E-state index contributed by atoms with van der Waals surface area (Å²) < 4.78 is 17.2. The van der Waals surface area contributed by atoms with E-state index in [2.05, 4.69) is 6.92 Å². The van der Waals surface area contributed by atoms with Crippen molar-refractivity contribution in [1.82, 2.24) is 0 Å². The Balaban J connectivity index is 1.93. The Morgan fingerprint density at radius 2 is 1.31 bits per heavy atom. The highest BCUT2D eigenvalue weighted by atomic mass is 16.5. The quantitative estimate of drug-likeness (QED) is 0.129. The van der Waals surface area contributed by atoms with E-state index >= 15 is 0 Å². The molecule has 1 heterocycles. The fourth-order valence-corrected chi connectivity index (χ4v) is 5.70. The highest BCUT2D eigenvalue weighted by molar-refractivity contribution is 6.13. The average molecular weight is 503 g/mol. The lowest BCUT2D eigenvalue weighted by Gasteiger charge is -2.41. The van der Waals surface area contributed by atoms with Crippen LogP contribution in [0, 0.1) is 26.7 Å². The zero-order chi connectivity index (χ0) is 26.7. The van der Waals surface area contributed by atoms with Crippen molar-refractivity contribution in [1.29, 1.82) is 0 Å². The molecule has 5 heteroatoms. The predicted octanol–water partition coefficient (Wildman–Crippen LogP) is 8.22. The molecule has 0 saturated carbocycles. The zero-order valence-corrected chi connectivity index (χ0v) is 24.0. The highest BCUT2D eigenvalue weighted by Crippen LogP contribution is 2.47. The minimum atomic E-state index is -0.974. The summed E-state index contributed by atoms with van der Waals surface area (Å²) in [6.45, 7) is 9.94. The third-order valence-corrected chi connectivity index (χ3v) is 8.06. The van der Waals surface area contributed by atoms with E-state index in [0.717, 1.165) is 29.5 Å². The van der Waals surface area contributed by atoms with Crippen molar-refractivity contribution < 1.29 is 23.8 Å². The molecule has 1 aliphatic rings. The number of unbranched alkanes of at least 4 members (excludes halogenated alkanes) is 12. The van der Waals surface area contributed by atoms with E-state index in [0.29, 0.717) is 23.5 Å². The number of hydrogen-bond acceptors (Lipinski definition) is 5. The Bertz CT molecular complexity index is 874. The summed E-state index contributed by atoms with van der Waals surface area (Å²) >= 11 is 0. The van der Waals surface area contributed by atoms with Gasteiger partial charge in [-0.1, -0.05) is 84.0 Å². The van der Waals surface area contributed by atoms with E-state index in [9.17, 15) is 9.59 Å². The molecule has 5 nitrogen and oxygen atoms in total.